The average Bonchev–Trinajstić information content (AvgIpc) is 2.67. The number of cyclic esters (lactones) is 1. The van der Waals surface area contributed by atoms with Gasteiger partial charge in [0.25, 0.3) is 0 Å². The number of aryl methyl sites for hydroxylation is 2. The van der Waals surface area contributed by atoms with Crippen LogP contribution >= 0.6 is 0 Å². The van der Waals surface area contributed by atoms with E-state index in [1.807, 2.05) is 19.9 Å². The molecule has 4 nitrogen and oxygen atoms in total. The maximum Gasteiger partial charge on any atom is 0.407 e. The smallest absolute Gasteiger partial charge is 0.407 e. The van der Waals surface area contributed by atoms with Crippen molar-refractivity contribution >= 4 is 6.09 Å². The first kappa shape index (κ1) is 11.8. The highest BCUT2D eigenvalue weighted by Crippen LogP contribution is 2.23. The predicted molar refractivity (Wildman–Crippen MR) is 64.4 cm³/mol. The normalized spacial score (nSPS) is 18.8. The molecular weight excluding hydrogens is 218 g/mol. The summed E-state index contributed by atoms with van der Waals surface area (Å²) in [5.41, 5.74) is 3.51. The molecule has 1 aliphatic rings. The fourth-order valence-electron chi connectivity index (χ4n) is 1.86. The Morgan fingerprint density at radius 2 is 2.18 bits per heavy atom. The lowest BCUT2D eigenvalue weighted by atomic mass is 10.1. The number of alkyl carbamates (subject to hydrolysis) is 1. The Kier molecular flexibility index (Phi) is 3.22. The van der Waals surface area contributed by atoms with Gasteiger partial charge in [-0.25, -0.2) is 4.79 Å². The van der Waals surface area contributed by atoms with Crippen molar-refractivity contribution in [2.45, 2.75) is 26.9 Å². The van der Waals surface area contributed by atoms with E-state index in [0.29, 0.717) is 13.2 Å². The molecule has 1 aliphatic heterocycles. The van der Waals surface area contributed by atoms with Crippen LogP contribution in [-0.4, -0.2) is 25.3 Å². The van der Waals surface area contributed by atoms with Gasteiger partial charge in [0.2, 0.25) is 0 Å². The number of carbonyl (C=O) groups is 1. The first-order valence-electron chi connectivity index (χ1n) is 5.71. The first-order chi connectivity index (χ1) is 8.06. The Morgan fingerprint density at radius 3 is 2.82 bits per heavy atom. The maximum absolute atomic E-state index is 10.9. The van der Waals surface area contributed by atoms with Crippen molar-refractivity contribution in [3.63, 3.8) is 0 Å². The van der Waals surface area contributed by atoms with Gasteiger partial charge in [-0.2, -0.15) is 0 Å². The molecule has 92 valence electrons. The molecule has 0 aromatic heterocycles. The van der Waals surface area contributed by atoms with Crippen molar-refractivity contribution in [3.05, 3.63) is 28.8 Å². The zero-order chi connectivity index (χ0) is 12.4. The molecular formula is C13H17NO3. The van der Waals surface area contributed by atoms with E-state index in [9.17, 15) is 4.79 Å². The Hall–Kier alpha value is -1.71. The van der Waals surface area contributed by atoms with Crippen LogP contribution in [0.25, 0.3) is 0 Å². The summed E-state index contributed by atoms with van der Waals surface area (Å²) in [5, 5.41) is 2.60. The van der Waals surface area contributed by atoms with E-state index in [2.05, 4.69) is 18.3 Å². The molecule has 1 N–H and O–H groups in total. The van der Waals surface area contributed by atoms with E-state index < -0.39 is 0 Å². The number of carbonyl (C=O) groups excluding carboxylic acids is 1. The van der Waals surface area contributed by atoms with E-state index in [4.69, 9.17) is 9.47 Å². The maximum atomic E-state index is 10.9. The molecule has 1 saturated heterocycles. The molecule has 0 unspecified atom stereocenters. The summed E-state index contributed by atoms with van der Waals surface area (Å²) in [4.78, 5) is 10.9. The standard InChI is InChI=1S/C13H17NO3/c1-8-4-9(2)10(3)12(5-8)16-7-11-6-14-13(15)17-11/h4-5,11H,6-7H2,1-3H3,(H,14,15)/t11-/m0/s1. The lowest BCUT2D eigenvalue weighted by Gasteiger charge is -2.14. The zero-order valence-electron chi connectivity index (χ0n) is 10.4. The third-order valence-electron chi connectivity index (χ3n) is 2.94. The minimum Gasteiger partial charge on any atom is -0.489 e. The highest BCUT2D eigenvalue weighted by atomic mass is 16.6. The zero-order valence-corrected chi connectivity index (χ0v) is 10.4. The molecule has 1 fully saturated rings. The van der Waals surface area contributed by atoms with Crippen molar-refractivity contribution in [2.75, 3.05) is 13.2 Å². The highest BCUT2D eigenvalue weighted by molar-refractivity contribution is 5.69. The summed E-state index contributed by atoms with van der Waals surface area (Å²) in [6.07, 6.45) is -0.557. The minimum absolute atomic E-state index is 0.192. The second-order valence-corrected chi connectivity index (χ2v) is 4.42. The van der Waals surface area contributed by atoms with Crippen molar-refractivity contribution in [2.24, 2.45) is 0 Å². The van der Waals surface area contributed by atoms with Gasteiger partial charge >= 0.3 is 6.09 Å². The molecule has 0 radical (unpaired) electrons. The van der Waals surface area contributed by atoms with Gasteiger partial charge in [0, 0.05) is 0 Å². The molecule has 17 heavy (non-hydrogen) atoms. The van der Waals surface area contributed by atoms with E-state index in [1.165, 1.54) is 11.1 Å². The molecule has 1 aromatic rings. The number of rotatable bonds is 3. The van der Waals surface area contributed by atoms with Gasteiger partial charge in [0.15, 0.2) is 6.10 Å². The minimum atomic E-state index is -0.365. The van der Waals surface area contributed by atoms with E-state index in [0.717, 1.165) is 11.3 Å². The summed E-state index contributed by atoms with van der Waals surface area (Å²) >= 11 is 0. The molecule has 1 aromatic carbocycles. The van der Waals surface area contributed by atoms with Gasteiger partial charge in [-0.1, -0.05) is 6.07 Å². The van der Waals surface area contributed by atoms with Gasteiger partial charge in [-0.3, -0.25) is 0 Å². The van der Waals surface area contributed by atoms with E-state index in [-0.39, 0.29) is 12.2 Å². The van der Waals surface area contributed by atoms with Crippen molar-refractivity contribution in [3.8, 4) is 5.75 Å². The summed E-state index contributed by atoms with van der Waals surface area (Å²) in [6, 6.07) is 4.13. The average molecular weight is 235 g/mol. The molecule has 0 spiro atoms. The summed E-state index contributed by atoms with van der Waals surface area (Å²) in [5.74, 6) is 0.866. The van der Waals surface area contributed by atoms with Crippen LogP contribution in [0.1, 0.15) is 16.7 Å². The number of hydrogen-bond acceptors (Lipinski definition) is 3. The molecule has 0 aliphatic carbocycles. The third-order valence-corrected chi connectivity index (χ3v) is 2.94. The Bertz CT molecular complexity index is 443. The van der Waals surface area contributed by atoms with Crippen LogP contribution in [0, 0.1) is 20.8 Å². The van der Waals surface area contributed by atoms with Crippen LogP contribution in [-0.2, 0) is 4.74 Å². The Morgan fingerprint density at radius 1 is 1.41 bits per heavy atom. The van der Waals surface area contributed by atoms with Crippen LogP contribution in [0.4, 0.5) is 4.79 Å². The molecule has 1 amide bonds. The molecule has 0 bridgehead atoms. The second kappa shape index (κ2) is 4.65. The number of hydrogen-bond donors (Lipinski definition) is 1. The number of amides is 1. The van der Waals surface area contributed by atoms with Crippen LogP contribution in [0.15, 0.2) is 12.1 Å². The molecule has 1 heterocycles. The molecule has 1 atom stereocenters. The highest BCUT2D eigenvalue weighted by Gasteiger charge is 2.23. The number of benzene rings is 1. The van der Waals surface area contributed by atoms with E-state index in [1.54, 1.807) is 0 Å². The van der Waals surface area contributed by atoms with Crippen molar-refractivity contribution in [1.29, 1.82) is 0 Å². The second-order valence-electron chi connectivity index (χ2n) is 4.42. The Labute approximate surface area is 101 Å². The molecule has 2 rings (SSSR count). The predicted octanol–water partition coefficient (Wildman–Crippen LogP) is 2.10. The van der Waals surface area contributed by atoms with Gasteiger partial charge in [0.1, 0.15) is 12.4 Å². The van der Waals surface area contributed by atoms with Gasteiger partial charge in [0.05, 0.1) is 6.54 Å². The van der Waals surface area contributed by atoms with Crippen molar-refractivity contribution < 1.29 is 14.3 Å². The lowest BCUT2D eigenvalue weighted by molar-refractivity contribution is 0.104. The fraction of sp³-hybridized carbons (Fsp3) is 0.462. The van der Waals surface area contributed by atoms with Crippen LogP contribution in [0.3, 0.4) is 0 Å². The lowest BCUT2D eigenvalue weighted by Crippen LogP contribution is -2.22. The van der Waals surface area contributed by atoms with Gasteiger partial charge < -0.3 is 14.8 Å². The van der Waals surface area contributed by atoms with Gasteiger partial charge in [-0.05, 0) is 43.5 Å². The molecule has 0 saturated carbocycles. The monoisotopic (exact) mass is 235 g/mol. The first-order valence-corrected chi connectivity index (χ1v) is 5.71. The van der Waals surface area contributed by atoms with Crippen LogP contribution < -0.4 is 10.1 Å². The van der Waals surface area contributed by atoms with Crippen LogP contribution in [0.2, 0.25) is 0 Å². The van der Waals surface area contributed by atoms with E-state index >= 15 is 0 Å². The number of ether oxygens (including phenoxy) is 2. The SMILES string of the molecule is Cc1cc(C)c(C)c(OC[C@@H]2CNC(=O)O2)c1. The quantitative estimate of drug-likeness (QED) is 0.872. The molecule has 4 heteroatoms. The van der Waals surface area contributed by atoms with Crippen LogP contribution in [0.5, 0.6) is 5.75 Å². The topological polar surface area (TPSA) is 47.6 Å². The van der Waals surface area contributed by atoms with Gasteiger partial charge in [-0.15, -0.1) is 0 Å². The summed E-state index contributed by atoms with van der Waals surface area (Å²) in [6.45, 7) is 7.04. The Balaban J connectivity index is 2.01. The van der Waals surface area contributed by atoms with Crippen molar-refractivity contribution in [1.82, 2.24) is 5.32 Å². The third kappa shape index (κ3) is 2.70. The largest absolute Gasteiger partial charge is 0.489 e. The summed E-state index contributed by atoms with van der Waals surface area (Å²) in [7, 11) is 0. The number of nitrogens with one attached hydrogen (secondary N) is 1. The fourth-order valence-corrected chi connectivity index (χ4v) is 1.86. The summed E-state index contributed by atoms with van der Waals surface area (Å²) < 4.78 is 10.7.